The molecule has 1 fully saturated rings. The van der Waals surface area contributed by atoms with E-state index in [-0.39, 0.29) is 18.0 Å². The van der Waals surface area contributed by atoms with Crippen molar-refractivity contribution >= 4 is 5.91 Å². The number of hydrogen-bond acceptors (Lipinski definition) is 3. The summed E-state index contributed by atoms with van der Waals surface area (Å²) in [6.07, 6.45) is 4.60. The molecular weight excluding hydrogens is 250 g/mol. The average Bonchev–Trinajstić information content (AvgIpc) is 2.47. The molecule has 0 saturated carbocycles. The lowest BCUT2D eigenvalue weighted by atomic mass is 9.95. The van der Waals surface area contributed by atoms with Crippen LogP contribution in [0.25, 0.3) is 0 Å². The third-order valence-corrected chi connectivity index (χ3v) is 4.44. The van der Waals surface area contributed by atoms with Crippen LogP contribution in [0, 0.1) is 5.92 Å². The van der Waals surface area contributed by atoms with Gasteiger partial charge in [0.2, 0.25) is 5.91 Å². The van der Waals surface area contributed by atoms with E-state index in [0.717, 1.165) is 38.5 Å². The standard InChI is InChI=1S/C16H33N3O/c1-5-9-17-12-15-7-10-19(11-8-15)14(4)16(20)18-13(3)6-2/h13-15,17H,5-12H2,1-4H3,(H,18,20). The zero-order valence-corrected chi connectivity index (χ0v) is 13.7. The smallest absolute Gasteiger partial charge is 0.237 e. The SMILES string of the molecule is CCCNCC1CCN(C(C)C(=O)NC(C)CC)CC1. The molecule has 118 valence electrons. The quantitative estimate of drug-likeness (QED) is 0.670. The number of nitrogens with one attached hydrogen (secondary N) is 2. The first-order chi connectivity index (χ1) is 9.58. The fourth-order valence-corrected chi connectivity index (χ4v) is 2.66. The van der Waals surface area contributed by atoms with E-state index in [9.17, 15) is 4.79 Å². The van der Waals surface area contributed by atoms with Crippen LogP contribution in [0.5, 0.6) is 0 Å². The topological polar surface area (TPSA) is 44.4 Å². The fraction of sp³-hybridized carbons (Fsp3) is 0.938. The summed E-state index contributed by atoms with van der Waals surface area (Å²) in [7, 11) is 0. The van der Waals surface area contributed by atoms with Crippen molar-refractivity contribution in [2.75, 3.05) is 26.2 Å². The molecule has 20 heavy (non-hydrogen) atoms. The van der Waals surface area contributed by atoms with Crippen molar-refractivity contribution in [3.8, 4) is 0 Å². The molecule has 4 nitrogen and oxygen atoms in total. The second-order valence-corrected chi connectivity index (χ2v) is 6.18. The Balaban J connectivity index is 2.27. The number of likely N-dealkylation sites (tertiary alicyclic amines) is 1. The summed E-state index contributed by atoms with van der Waals surface area (Å²) in [6, 6.07) is 0.286. The Morgan fingerprint density at radius 3 is 2.45 bits per heavy atom. The van der Waals surface area contributed by atoms with Gasteiger partial charge in [0.05, 0.1) is 6.04 Å². The van der Waals surface area contributed by atoms with Gasteiger partial charge in [-0.3, -0.25) is 9.69 Å². The third kappa shape index (κ3) is 5.80. The molecule has 0 spiro atoms. The van der Waals surface area contributed by atoms with Crippen LogP contribution in [0.4, 0.5) is 0 Å². The Morgan fingerprint density at radius 1 is 1.25 bits per heavy atom. The maximum Gasteiger partial charge on any atom is 0.237 e. The molecule has 2 unspecified atom stereocenters. The van der Waals surface area contributed by atoms with Gasteiger partial charge in [-0.05, 0) is 71.6 Å². The van der Waals surface area contributed by atoms with Gasteiger partial charge in [-0.15, -0.1) is 0 Å². The Morgan fingerprint density at radius 2 is 1.90 bits per heavy atom. The summed E-state index contributed by atoms with van der Waals surface area (Å²) in [5.41, 5.74) is 0. The molecule has 1 aliphatic rings. The van der Waals surface area contributed by atoms with Gasteiger partial charge in [-0.2, -0.15) is 0 Å². The minimum atomic E-state index is 0.00792. The second-order valence-electron chi connectivity index (χ2n) is 6.18. The molecule has 0 aromatic heterocycles. The molecule has 0 aliphatic carbocycles. The van der Waals surface area contributed by atoms with Crippen LogP contribution in [0.3, 0.4) is 0 Å². The number of carbonyl (C=O) groups excluding carboxylic acids is 1. The van der Waals surface area contributed by atoms with Crippen molar-refractivity contribution < 1.29 is 4.79 Å². The Bertz CT molecular complexity index is 275. The van der Waals surface area contributed by atoms with E-state index >= 15 is 0 Å². The molecule has 0 radical (unpaired) electrons. The molecule has 2 N–H and O–H groups in total. The van der Waals surface area contributed by atoms with E-state index in [1.165, 1.54) is 19.3 Å². The molecule has 4 heteroatoms. The highest BCUT2D eigenvalue weighted by molar-refractivity contribution is 5.81. The summed E-state index contributed by atoms with van der Waals surface area (Å²) >= 11 is 0. The zero-order valence-electron chi connectivity index (χ0n) is 13.7. The van der Waals surface area contributed by atoms with Gasteiger partial charge in [0.1, 0.15) is 0 Å². The summed E-state index contributed by atoms with van der Waals surface area (Å²) in [6.45, 7) is 12.8. The average molecular weight is 283 g/mol. The van der Waals surface area contributed by atoms with Gasteiger partial charge >= 0.3 is 0 Å². The molecular formula is C16H33N3O. The number of rotatable bonds is 8. The van der Waals surface area contributed by atoms with Gasteiger partial charge in [0.25, 0.3) is 0 Å². The molecule has 0 aromatic carbocycles. The van der Waals surface area contributed by atoms with Crippen molar-refractivity contribution in [2.24, 2.45) is 5.92 Å². The molecule has 2 atom stereocenters. The third-order valence-electron chi connectivity index (χ3n) is 4.44. The highest BCUT2D eigenvalue weighted by Gasteiger charge is 2.26. The molecule has 1 rings (SSSR count). The van der Waals surface area contributed by atoms with Crippen LogP contribution in [0.15, 0.2) is 0 Å². The first kappa shape index (κ1) is 17.4. The number of piperidine rings is 1. The Hall–Kier alpha value is -0.610. The minimum absolute atomic E-state index is 0.00792. The second kappa shape index (κ2) is 9.35. The first-order valence-electron chi connectivity index (χ1n) is 8.33. The van der Waals surface area contributed by atoms with Crippen LogP contribution < -0.4 is 10.6 Å². The highest BCUT2D eigenvalue weighted by Crippen LogP contribution is 2.18. The van der Waals surface area contributed by atoms with E-state index in [0.29, 0.717) is 0 Å². The molecule has 1 aliphatic heterocycles. The van der Waals surface area contributed by atoms with Crippen molar-refractivity contribution in [1.82, 2.24) is 15.5 Å². The summed E-state index contributed by atoms with van der Waals surface area (Å²) in [5.74, 6) is 0.963. The molecule has 0 aromatic rings. The van der Waals surface area contributed by atoms with Crippen LogP contribution >= 0.6 is 0 Å². The molecule has 1 heterocycles. The maximum absolute atomic E-state index is 12.1. The maximum atomic E-state index is 12.1. The lowest BCUT2D eigenvalue weighted by Crippen LogP contribution is -2.50. The van der Waals surface area contributed by atoms with Crippen molar-refractivity contribution in [2.45, 2.75) is 65.5 Å². The van der Waals surface area contributed by atoms with E-state index < -0.39 is 0 Å². The number of amides is 1. The molecule has 1 amide bonds. The summed E-state index contributed by atoms with van der Waals surface area (Å²) < 4.78 is 0. The molecule has 0 bridgehead atoms. The summed E-state index contributed by atoms with van der Waals surface area (Å²) in [4.78, 5) is 14.5. The fourth-order valence-electron chi connectivity index (χ4n) is 2.66. The monoisotopic (exact) mass is 283 g/mol. The lowest BCUT2D eigenvalue weighted by Gasteiger charge is -2.35. The van der Waals surface area contributed by atoms with Gasteiger partial charge in [0.15, 0.2) is 0 Å². The van der Waals surface area contributed by atoms with Crippen LogP contribution in [0.2, 0.25) is 0 Å². The normalized spacial score (nSPS) is 20.6. The largest absolute Gasteiger partial charge is 0.352 e. The van der Waals surface area contributed by atoms with Crippen molar-refractivity contribution in [3.05, 3.63) is 0 Å². The number of nitrogens with zero attached hydrogens (tertiary/aromatic N) is 1. The lowest BCUT2D eigenvalue weighted by molar-refractivity contribution is -0.127. The van der Waals surface area contributed by atoms with Gasteiger partial charge in [0, 0.05) is 6.04 Å². The van der Waals surface area contributed by atoms with Gasteiger partial charge in [-0.1, -0.05) is 13.8 Å². The van der Waals surface area contributed by atoms with Crippen molar-refractivity contribution in [1.29, 1.82) is 0 Å². The number of carbonyl (C=O) groups is 1. The first-order valence-corrected chi connectivity index (χ1v) is 8.33. The van der Waals surface area contributed by atoms with Gasteiger partial charge in [-0.25, -0.2) is 0 Å². The van der Waals surface area contributed by atoms with E-state index in [2.05, 4.69) is 36.3 Å². The Labute approximate surface area is 124 Å². The highest BCUT2D eigenvalue weighted by atomic mass is 16.2. The van der Waals surface area contributed by atoms with Crippen LogP contribution in [0.1, 0.15) is 53.4 Å². The van der Waals surface area contributed by atoms with Crippen molar-refractivity contribution in [3.63, 3.8) is 0 Å². The predicted octanol–water partition coefficient (Wildman–Crippen LogP) is 2.00. The van der Waals surface area contributed by atoms with Crippen LogP contribution in [-0.4, -0.2) is 49.1 Å². The van der Waals surface area contributed by atoms with Gasteiger partial charge < -0.3 is 10.6 Å². The minimum Gasteiger partial charge on any atom is -0.352 e. The molecule has 1 saturated heterocycles. The Kier molecular flexibility index (Phi) is 8.15. The van der Waals surface area contributed by atoms with E-state index in [1.807, 2.05) is 6.92 Å². The summed E-state index contributed by atoms with van der Waals surface area (Å²) in [5, 5.41) is 6.59. The van der Waals surface area contributed by atoms with E-state index in [4.69, 9.17) is 0 Å². The van der Waals surface area contributed by atoms with Crippen LogP contribution in [-0.2, 0) is 4.79 Å². The number of hydrogen-bond donors (Lipinski definition) is 2. The predicted molar refractivity (Wildman–Crippen MR) is 84.8 cm³/mol. The zero-order chi connectivity index (χ0) is 15.0. The van der Waals surface area contributed by atoms with E-state index in [1.54, 1.807) is 0 Å².